The summed E-state index contributed by atoms with van der Waals surface area (Å²) in [5, 5.41) is 11.5. The van der Waals surface area contributed by atoms with Crippen LogP contribution in [0.15, 0.2) is 23.8 Å². The lowest BCUT2D eigenvalue weighted by atomic mass is 10.1. The first kappa shape index (κ1) is 12.2. The SMILES string of the molecule is N#C/C(=C\c1ccc(F)cc1F)C(=O)NC1CC1. The van der Waals surface area contributed by atoms with Gasteiger partial charge in [-0.3, -0.25) is 4.79 Å². The van der Waals surface area contributed by atoms with Crippen molar-refractivity contribution >= 4 is 12.0 Å². The molecule has 1 aromatic rings. The van der Waals surface area contributed by atoms with Crippen LogP contribution in [0.5, 0.6) is 0 Å². The minimum absolute atomic E-state index is 0.0129. The summed E-state index contributed by atoms with van der Waals surface area (Å²) in [7, 11) is 0. The average Bonchev–Trinajstić information content (AvgIpc) is 3.12. The number of amides is 1. The van der Waals surface area contributed by atoms with Gasteiger partial charge in [-0.25, -0.2) is 8.78 Å². The van der Waals surface area contributed by atoms with E-state index in [4.69, 9.17) is 5.26 Å². The zero-order valence-electron chi connectivity index (χ0n) is 9.41. The van der Waals surface area contributed by atoms with Crippen molar-refractivity contribution in [3.05, 3.63) is 41.0 Å². The molecule has 1 amide bonds. The molecular formula is C13H10F2N2O. The normalized spacial score (nSPS) is 15.1. The van der Waals surface area contributed by atoms with Crippen LogP contribution < -0.4 is 5.32 Å². The van der Waals surface area contributed by atoms with E-state index in [9.17, 15) is 13.6 Å². The van der Waals surface area contributed by atoms with E-state index in [2.05, 4.69) is 5.32 Å². The highest BCUT2D eigenvalue weighted by atomic mass is 19.1. The van der Waals surface area contributed by atoms with Gasteiger partial charge in [-0.1, -0.05) is 0 Å². The van der Waals surface area contributed by atoms with E-state index in [1.165, 1.54) is 6.07 Å². The minimum atomic E-state index is -0.804. The third-order valence-electron chi connectivity index (χ3n) is 2.54. The molecule has 0 aliphatic heterocycles. The maximum absolute atomic E-state index is 13.4. The van der Waals surface area contributed by atoms with Crippen LogP contribution in [0, 0.1) is 23.0 Å². The van der Waals surface area contributed by atoms with Crippen LogP contribution in [0.2, 0.25) is 0 Å². The number of halogens is 2. The number of carbonyl (C=O) groups excluding carboxylic acids is 1. The van der Waals surface area contributed by atoms with E-state index >= 15 is 0 Å². The second kappa shape index (κ2) is 4.96. The van der Waals surface area contributed by atoms with Crippen molar-refractivity contribution in [3.63, 3.8) is 0 Å². The molecule has 0 bridgehead atoms. The van der Waals surface area contributed by atoms with E-state index < -0.39 is 17.5 Å². The van der Waals surface area contributed by atoms with E-state index in [1.54, 1.807) is 6.07 Å². The van der Waals surface area contributed by atoms with Gasteiger partial charge < -0.3 is 5.32 Å². The lowest BCUT2D eigenvalue weighted by Crippen LogP contribution is -2.26. The Bertz CT molecular complexity index is 557. The Morgan fingerprint density at radius 1 is 1.44 bits per heavy atom. The predicted octanol–water partition coefficient (Wildman–Crippen LogP) is 2.15. The van der Waals surface area contributed by atoms with Crippen molar-refractivity contribution in [2.24, 2.45) is 0 Å². The van der Waals surface area contributed by atoms with Gasteiger partial charge in [0.25, 0.3) is 5.91 Å². The Hall–Kier alpha value is -2.22. The van der Waals surface area contributed by atoms with Gasteiger partial charge in [-0.05, 0) is 31.1 Å². The van der Waals surface area contributed by atoms with Crippen molar-refractivity contribution in [2.45, 2.75) is 18.9 Å². The van der Waals surface area contributed by atoms with Gasteiger partial charge in [-0.2, -0.15) is 5.26 Å². The second-order valence-electron chi connectivity index (χ2n) is 4.08. The smallest absolute Gasteiger partial charge is 0.262 e. The molecule has 0 atom stereocenters. The van der Waals surface area contributed by atoms with E-state index in [1.807, 2.05) is 0 Å². The van der Waals surface area contributed by atoms with Crippen LogP contribution in [0.4, 0.5) is 8.78 Å². The molecule has 0 spiro atoms. The van der Waals surface area contributed by atoms with Gasteiger partial charge in [0, 0.05) is 17.7 Å². The number of nitrogens with one attached hydrogen (secondary N) is 1. The van der Waals surface area contributed by atoms with Crippen molar-refractivity contribution in [1.29, 1.82) is 5.26 Å². The number of rotatable bonds is 3. The van der Waals surface area contributed by atoms with Crippen LogP contribution in [0.25, 0.3) is 6.08 Å². The lowest BCUT2D eigenvalue weighted by Gasteiger charge is -2.02. The molecule has 1 saturated carbocycles. The van der Waals surface area contributed by atoms with E-state index in [0.29, 0.717) is 6.07 Å². The fraction of sp³-hybridized carbons (Fsp3) is 0.231. The van der Waals surface area contributed by atoms with Gasteiger partial charge in [0.1, 0.15) is 23.3 Å². The number of nitrogens with zero attached hydrogens (tertiary/aromatic N) is 1. The maximum Gasteiger partial charge on any atom is 0.262 e. The van der Waals surface area contributed by atoms with E-state index in [-0.39, 0.29) is 17.2 Å². The number of benzene rings is 1. The molecule has 5 heteroatoms. The monoisotopic (exact) mass is 248 g/mol. The third kappa shape index (κ3) is 2.92. The second-order valence-corrected chi connectivity index (χ2v) is 4.08. The van der Waals surface area contributed by atoms with Crippen LogP contribution in [-0.2, 0) is 4.79 Å². The number of hydrogen-bond acceptors (Lipinski definition) is 2. The summed E-state index contributed by atoms with van der Waals surface area (Å²) in [6, 6.07) is 4.80. The molecule has 1 aliphatic carbocycles. The van der Waals surface area contributed by atoms with Gasteiger partial charge in [-0.15, -0.1) is 0 Å². The predicted molar refractivity (Wildman–Crippen MR) is 61.1 cm³/mol. The van der Waals surface area contributed by atoms with Crippen LogP contribution in [0.1, 0.15) is 18.4 Å². The first-order valence-corrected chi connectivity index (χ1v) is 5.48. The average molecular weight is 248 g/mol. The lowest BCUT2D eigenvalue weighted by molar-refractivity contribution is -0.117. The summed E-state index contributed by atoms with van der Waals surface area (Å²) in [6.45, 7) is 0. The maximum atomic E-state index is 13.4. The molecule has 1 N–H and O–H groups in total. The first-order valence-electron chi connectivity index (χ1n) is 5.48. The zero-order chi connectivity index (χ0) is 13.1. The quantitative estimate of drug-likeness (QED) is 0.658. The summed E-state index contributed by atoms with van der Waals surface area (Å²) in [5.74, 6) is -2.03. The molecule has 0 unspecified atom stereocenters. The van der Waals surface area contributed by atoms with Gasteiger partial charge in [0.05, 0.1) is 0 Å². The highest BCUT2D eigenvalue weighted by Crippen LogP contribution is 2.20. The molecule has 18 heavy (non-hydrogen) atoms. The van der Waals surface area contributed by atoms with Gasteiger partial charge in [0.15, 0.2) is 0 Å². The summed E-state index contributed by atoms with van der Waals surface area (Å²) in [5.41, 5.74) is -0.175. The summed E-state index contributed by atoms with van der Waals surface area (Å²) in [6.07, 6.45) is 2.91. The highest BCUT2D eigenvalue weighted by Gasteiger charge is 2.24. The summed E-state index contributed by atoms with van der Waals surface area (Å²) < 4.78 is 26.1. The molecule has 0 aromatic heterocycles. The molecule has 0 saturated heterocycles. The Balaban J connectivity index is 2.22. The van der Waals surface area contributed by atoms with Crippen LogP contribution >= 0.6 is 0 Å². The molecular weight excluding hydrogens is 238 g/mol. The van der Waals surface area contributed by atoms with Crippen molar-refractivity contribution in [3.8, 4) is 6.07 Å². The third-order valence-corrected chi connectivity index (χ3v) is 2.54. The minimum Gasteiger partial charge on any atom is -0.349 e. The van der Waals surface area contributed by atoms with E-state index in [0.717, 1.165) is 25.0 Å². The first-order chi connectivity index (χ1) is 8.60. The molecule has 92 valence electrons. The Labute approximate surface area is 103 Å². The largest absolute Gasteiger partial charge is 0.349 e. The number of carbonyl (C=O) groups is 1. The topological polar surface area (TPSA) is 52.9 Å². The zero-order valence-corrected chi connectivity index (χ0v) is 9.41. The van der Waals surface area contributed by atoms with Crippen molar-refractivity contribution in [2.75, 3.05) is 0 Å². The fourth-order valence-corrected chi connectivity index (χ4v) is 1.41. The fourth-order valence-electron chi connectivity index (χ4n) is 1.41. The molecule has 1 aromatic carbocycles. The molecule has 3 nitrogen and oxygen atoms in total. The number of hydrogen-bond donors (Lipinski definition) is 1. The van der Waals surface area contributed by atoms with Crippen LogP contribution in [0.3, 0.4) is 0 Å². The van der Waals surface area contributed by atoms with Gasteiger partial charge >= 0.3 is 0 Å². The molecule has 0 heterocycles. The molecule has 0 radical (unpaired) electrons. The Kier molecular flexibility index (Phi) is 3.38. The van der Waals surface area contributed by atoms with Crippen molar-refractivity contribution < 1.29 is 13.6 Å². The highest BCUT2D eigenvalue weighted by molar-refractivity contribution is 6.01. The summed E-state index contributed by atoms with van der Waals surface area (Å²) in [4.78, 5) is 11.6. The number of nitriles is 1. The molecule has 1 aliphatic rings. The molecule has 2 rings (SSSR count). The molecule has 1 fully saturated rings. The Morgan fingerprint density at radius 2 is 2.17 bits per heavy atom. The van der Waals surface area contributed by atoms with Gasteiger partial charge in [0.2, 0.25) is 0 Å². The summed E-state index contributed by atoms with van der Waals surface area (Å²) >= 11 is 0. The van der Waals surface area contributed by atoms with Crippen LogP contribution in [-0.4, -0.2) is 11.9 Å². The van der Waals surface area contributed by atoms with Crippen molar-refractivity contribution in [1.82, 2.24) is 5.32 Å². The standard InChI is InChI=1S/C13H10F2N2O/c14-10-2-1-8(12(15)6-10)5-9(7-16)13(18)17-11-3-4-11/h1-2,5-6,11H,3-4H2,(H,17,18)/b9-5+. The Morgan fingerprint density at radius 3 is 2.72 bits per heavy atom.